The van der Waals surface area contributed by atoms with Gasteiger partial charge in [-0.2, -0.15) is 0 Å². The largest absolute Gasteiger partial charge is 0.353 e. The summed E-state index contributed by atoms with van der Waals surface area (Å²) in [6.07, 6.45) is 8.95. The summed E-state index contributed by atoms with van der Waals surface area (Å²) in [5.41, 5.74) is 1.35. The van der Waals surface area contributed by atoms with Crippen molar-refractivity contribution in [2.24, 2.45) is 5.92 Å². The summed E-state index contributed by atoms with van der Waals surface area (Å²) in [4.78, 5) is 7.21. The highest BCUT2D eigenvalue weighted by molar-refractivity contribution is 5.44. The van der Waals surface area contributed by atoms with Gasteiger partial charge in [0, 0.05) is 31.4 Å². The molecule has 0 radical (unpaired) electrons. The number of aromatic nitrogens is 1. The Labute approximate surface area is 122 Å². The zero-order valence-corrected chi connectivity index (χ0v) is 12.8. The van der Waals surface area contributed by atoms with Gasteiger partial charge in [0.1, 0.15) is 5.82 Å². The Kier molecular flexibility index (Phi) is 4.25. The van der Waals surface area contributed by atoms with E-state index in [9.17, 15) is 0 Å². The Morgan fingerprint density at radius 1 is 1.30 bits per heavy atom. The normalized spacial score (nSPS) is 26.1. The lowest BCUT2D eigenvalue weighted by Crippen LogP contribution is -2.35. The average molecular weight is 273 g/mol. The van der Waals surface area contributed by atoms with E-state index in [0.717, 1.165) is 18.5 Å². The minimum absolute atomic E-state index is 0.529. The lowest BCUT2D eigenvalue weighted by Gasteiger charge is -2.32. The van der Waals surface area contributed by atoms with E-state index in [1.165, 1.54) is 50.0 Å². The van der Waals surface area contributed by atoms with Crippen molar-refractivity contribution in [3.05, 3.63) is 23.9 Å². The molecule has 3 heteroatoms. The standard InChI is InChI=1S/C17H27N3/c1-13(2)19-12-14-7-9-18-17(11-14)20-10-8-15-5-3-4-6-16(15)20/h7,9,11,13,15-16,19H,3-6,8,10,12H2,1-2H3. The number of nitrogens with one attached hydrogen (secondary N) is 1. The van der Waals surface area contributed by atoms with E-state index in [0.29, 0.717) is 6.04 Å². The first kappa shape index (κ1) is 13.9. The third-order valence-corrected chi connectivity index (χ3v) is 4.83. The van der Waals surface area contributed by atoms with E-state index in [2.05, 4.69) is 41.2 Å². The number of fused-ring (bicyclic) bond motifs is 1. The maximum Gasteiger partial charge on any atom is 0.129 e. The molecule has 0 bridgehead atoms. The van der Waals surface area contributed by atoms with Gasteiger partial charge in [-0.05, 0) is 42.9 Å². The van der Waals surface area contributed by atoms with Crippen molar-refractivity contribution in [2.75, 3.05) is 11.4 Å². The van der Waals surface area contributed by atoms with Crippen LogP contribution in [0.25, 0.3) is 0 Å². The molecule has 110 valence electrons. The van der Waals surface area contributed by atoms with Gasteiger partial charge in [-0.1, -0.05) is 26.7 Å². The lowest BCUT2D eigenvalue weighted by molar-refractivity contribution is 0.341. The van der Waals surface area contributed by atoms with E-state index in [4.69, 9.17) is 0 Å². The highest BCUT2D eigenvalue weighted by Gasteiger charge is 2.36. The van der Waals surface area contributed by atoms with Crippen LogP contribution in [0.3, 0.4) is 0 Å². The topological polar surface area (TPSA) is 28.2 Å². The highest BCUT2D eigenvalue weighted by Crippen LogP contribution is 2.38. The van der Waals surface area contributed by atoms with Crippen molar-refractivity contribution < 1.29 is 0 Å². The molecule has 2 heterocycles. The molecule has 1 aliphatic heterocycles. The molecule has 3 nitrogen and oxygen atoms in total. The van der Waals surface area contributed by atoms with Gasteiger partial charge in [-0.15, -0.1) is 0 Å². The summed E-state index contributed by atoms with van der Waals surface area (Å²) in [5.74, 6) is 2.12. The lowest BCUT2D eigenvalue weighted by atomic mass is 9.85. The molecule has 1 aromatic heterocycles. The second-order valence-corrected chi connectivity index (χ2v) is 6.65. The van der Waals surface area contributed by atoms with Gasteiger partial charge in [0.25, 0.3) is 0 Å². The van der Waals surface area contributed by atoms with Crippen molar-refractivity contribution in [1.82, 2.24) is 10.3 Å². The van der Waals surface area contributed by atoms with Crippen LogP contribution in [0, 0.1) is 5.92 Å². The molecule has 3 rings (SSSR count). The van der Waals surface area contributed by atoms with E-state index in [1.54, 1.807) is 0 Å². The average Bonchev–Trinajstić information content (AvgIpc) is 2.89. The van der Waals surface area contributed by atoms with Crippen LogP contribution in [0.5, 0.6) is 0 Å². The second-order valence-electron chi connectivity index (χ2n) is 6.65. The Bertz CT molecular complexity index is 444. The summed E-state index contributed by atoms with van der Waals surface area (Å²) in [5, 5.41) is 3.49. The minimum Gasteiger partial charge on any atom is -0.353 e. The Hall–Kier alpha value is -1.09. The van der Waals surface area contributed by atoms with Crippen molar-refractivity contribution in [3.8, 4) is 0 Å². The smallest absolute Gasteiger partial charge is 0.129 e. The van der Waals surface area contributed by atoms with E-state index in [-0.39, 0.29) is 0 Å². The van der Waals surface area contributed by atoms with Crippen molar-refractivity contribution >= 4 is 5.82 Å². The highest BCUT2D eigenvalue weighted by atomic mass is 15.2. The van der Waals surface area contributed by atoms with Gasteiger partial charge >= 0.3 is 0 Å². The van der Waals surface area contributed by atoms with E-state index >= 15 is 0 Å². The summed E-state index contributed by atoms with van der Waals surface area (Å²) >= 11 is 0. The monoisotopic (exact) mass is 273 g/mol. The summed E-state index contributed by atoms with van der Waals surface area (Å²) in [7, 11) is 0. The van der Waals surface area contributed by atoms with Crippen LogP contribution in [0.1, 0.15) is 51.5 Å². The fourth-order valence-corrected chi connectivity index (χ4v) is 3.74. The molecule has 1 saturated carbocycles. The van der Waals surface area contributed by atoms with Gasteiger partial charge < -0.3 is 10.2 Å². The van der Waals surface area contributed by atoms with E-state index in [1.807, 2.05) is 6.20 Å². The van der Waals surface area contributed by atoms with E-state index < -0.39 is 0 Å². The third kappa shape index (κ3) is 2.98. The molecule has 2 aliphatic rings. The fourth-order valence-electron chi connectivity index (χ4n) is 3.74. The minimum atomic E-state index is 0.529. The first-order chi connectivity index (χ1) is 9.74. The third-order valence-electron chi connectivity index (χ3n) is 4.83. The molecular weight excluding hydrogens is 246 g/mol. The van der Waals surface area contributed by atoms with Crippen LogP contribution in [-0.2, 0) is 6.54 Å². The Morgan fingerprint density at radius 2 is 2.15 bits per heavy atom. The Balaban J connectivity index is 1.71. The second kappa shape index (κ2) is 6.13. The quantitative estimate of drug-likeness (QED) is 0.912. The molecule has 1 N–H and O–H groups in total. The molecule has 1 aromatic rings. The SMILES string of the molecule is CC(C)NCc1ccnc(N2CCC3CCCCC32)c1. The molecule has 20 heavy (non-hydrogen) atoms. The van der Waals surface area contributed by atoms with Gasteiger partial charge in [-0.25, -0.2) is 4.98 Å². The summed E-state index contributed by atoms with van der Waals surface area (Å²) in [6, 6.07) is 5.70. The predicted octanol–water partition coefficient (Wildman–Crippen LogP) is 3.35. The molecule has 1 aliphatic carbocycles. The van der Waals surface area contributed by atoms with Gasteiger partial charge in [0.2, 0.25) is 0 Å². The van der Waals surface area contributed by atoms with Crippen LogP contribution >= 0.6 is 0 Å². The van der Waals surface area contributed by atoms with Gasteiger partial charge in [-0.3, -0.25) is 0 Å². The molecule has 1 saturated heterocycles. The van der Waals surface area contributed by atoms with Crippen LogP contribution in [-0.4, -0.2) is 23.6 Å². The Morgan fingerprint density at radius 3 is 3.00 bits per heavy atom. The van der Waals surface area contributed by atoms with Crippen LogP contribution in [0.15, 0.2) is 18.3 Å². The maximum absolute atomic E-state index is 4.64. The fraction of sp³-hybridized carbons (Fsp3) is 0.706. The van der Waals surface area contributed by atoms with Gasteiger partial charge in [0.15, 0.2) is 0 Å². The van der Waals surface area contributed by atoms with Crippen molar-refractivity contribution in [3.63, 3.8) is 0 Å². The summed E-state index contributed by atoms with van der Waals surface area (Å²) < 4.78 is 0. The number of hydrogen-bond acceptors (Lipinski definition) is 3. The molecule has 0 aromatic carbocycles. The number of nitrogens with zero attached hydrogens (tertiary/aromatic N) is 2. The molecule has 2 fully saturated rings. The predicted molar refractivity (Wildman–Crippen MR) is 83.9 cm³/mol. The number of rotatable bonds is 4. The van der Waals surface area contributed by atoms with Gasteiger partial charge in [0.05, 0.1) is 0 Å². The zero-order valence-electron chi connectivity index (χ0n) is 12.8. The molecule has 2 atom stereocenters. The van der Waals surface area contributed by atoms with Crippen LogP contribution in [0.4, 0.5) is 5.82 Å². The number of hydrogen-bond donors (Lipinski definition) is 1. The van der Waals surface area contributed by atoms with Crippen LogP contribution < -0.4 is 10.2 Å². The first-order valence-electron chi connectivity index (χ1n) is 8.19. The number of anilines is 1. The molecule has 0 amide bonds. The van der Waals surface area contributed by atoms with Crippen LogP contribution in [0.2, 0.25) is 0 Å². The van der Waals surface area contributed by atoms with Crippen molar-refractivity contribution in [2.45, 2.75) is 64.6 Å². The zero-order chi connectivity index (χ0) is 13.9. The number of pyridine rings is 1. The molecule has 2 unspecified atom stereocenters. The first-order valence-corrected chi connectivity index (χ1v) is 8.19. The maximum atomic E-state index is 4.64. The summed E-state index contributed by atoms with van der Waals surface area (Å²) in [6.45, 7) is 6.52. The molecule has 0 spiro atoms. The molecular formula is C17H27N3. The van der Waals surface area contributed by atoms with Crippen molar-refractivity contribution in [1.29, 1.82) is 0 Å².